The van der Waals surface area contributed by atoms with E-state index < -0.39 is 0 Å². The first-order valence-corrected chi connectivity index (χ1v) is 3.32. The standard InChI is InChI=1S/C5H12O.C2H6.FH/c1-4(2)5(3)6;1-2;/h4-6H,1-3H3;1-2H3;1H. The van der Waals surface area contributed by atoms with Crippen molar-refractivity contribution in [3.05, 3.63) is 0 Å². The van der Waals surface area contributed by atoms with E-state index in [1.807, 2.05) is 27.7 Å². The van der Waals surface area contributed by atoms with Gasteiger partial charge in [-0.05, 0) is 12.8 Å². The maximum Gasteiger partial charge on any atom is 0.0535 e. The molecule has 0 aliphatic heterocycles. The molecule has 1 unspecified atom stereocenters. The van der Waals surface area contributed by atoms with Gasteiger partial charge in [-0.15, -0.1) is 0 Å². The Hall–Kier alpha value is -0.110. The van der Waals surface area contributed by atoms with Crippen LogP contribution in [-0.2, 0) is 0 Å². The van der Waals surface area contributed by atoms with Crippen LogP contribution in [0, 0.1) is 5.92 Å². The molecule has 0 spiro atoms. The van der Waals surface area contributed by atoms with Crippen molar-refractivity contribution in [2.75, 3.05) is 0 Å². The van der Waals surface area contributed by atoms with Crippen molar-refractivity contribution in [3.63, 3.8) is 0 Å². The zero-order valence-electron chi connectivity index (χ0n) is 7.01. The molecule has 0 heterocycles. The van der Waals surface area contributed by atoms with Gasteiger partial charge in [0.25, 0.3) is 0 Å². The third kappa shape index (κ3) is 18.1. The van der Waals surface area contributed by atoms with Crippen molar-refractivity contribution in [3.8, 4) is 0 Å². The summed E-state index contributed by atoms with van der Waals surface area (Å²) >= 11 is 0. The predicted molar refractivity (Wildman–Crippen MR) is 40.4 cm³/mol. The lowest BCUT2D eigenvalue weighted by Gasteiger charge is -2.04. The molecular weight excluding hydrogens is 119 g/mol. The number of halogens is 1. The SMILES string of the molecule is CC.CC(C)C(C)O.F. The third-order valence-corrected chi connectivity index (χ3v) is 0.965. The highest BCUT2D eigenvalue weighted by Crippen LogP contribution is 1.96. The fourth-order valence-electron chi connectivity index (χ4n) is 0. The normalized spacial score (nSPS) is 11.0. The van der Waals surface area contributed by atoms with Crippen LogP contribution in [0.4, 0.5) is 4.70 Å². The lowest BCUT2D eigenvalue weighted by atomic mass is 10.1. The molecule has 1 atom stereocenters. The molecule has 0 aromatic rings. The van der Waals surface area contributed by atoms with Crippen LogP contribution >= 0.6 is 0 Å². The second-order valence-corrected chi connectivity index (χ2v) is 1.98. The van der Waals surface area contributed by atoms with Crippen LogP contribution in [0.2, 0.25) is 0 Å². The minimum Gasteiger partial charge on any atom is -0.393 e. The topological polar surface area (TPSA) is 20.2 Å². The Morgan fingerprint density at radius 3 is 1.11 bits per heavy atom. The molecule has 2 heteroatoms. The molecule has 1 nitrogen and oxygen atoms in total. The summed E-state index contributed by atoms with van der Waals surface area (Å²) in [6, 6.07) is 0. The van der Waals surface area contributed by atoms with Crippen molar-refractivity contribution in [2.45, 2.75) is 40.7 Å². The summed E-state index contributed by atoms with van der Waals surface area (Å²) in [4.78, 5) is 0. The third-order valence-electron chi connectivity index (χ3n) is 0.965. The fraction of sp³-hybridized carbons (Fsp3) is 1.00. The monoisotopic (exact) mass is 138 g/mol. The summed E-state index contributed by atoms with van der Waals surface area (Å²) in [5, 5.41) is 8.63. The molecule has 0 fully saturated rings. The predicted octanol–water partition coefficient (Wildman–Crippen LogP) is 2.20. The first-order valence-electron chi connectivity index (χ1n) is 3.32. The van der Waals surface area contributed by atoms with Crippen LogP contribution in [0.25, 0.3) is 0 Å². The van der Waals surface area contributed by atoms with Crippen molar-refractivity contribution in [2.24, 2.45) is 5.92 Å². The van der Waals surface area contributed by atoms with E-state index in [1.165, 1.54) is 0 Å². The Kier molecular flexibility index (Phi) is 19.1. The maximum atomic E-state index is 8.63. The molecule has 0 aliphatic carbocycles. The first kappa shape index (κ1) is 16.0. The minimum absolute atomic E-state index is 0. The van der Waals surface area contributed by atoms with Gasteiger partial charge in [0.15, 0.2) is 0 Å². The van der Waals surface area contributed by atoms with Gasteiger partial charge in [-0.2, -0.15) is 0 Å². The van der Waals surface area contributed by atoms with Crippen LogP contribution in [-0.4, -0.2) is 11.2 Å². The lowest BCUT2D eigenvalue weighted by Crippen LogP contribution is -2.07. The molecule has 0 aliphatic rings. The van der Waals surface area contributed by atoms with E-state index in [0.29, 0.717) is 5.92 Å². The van der Waals surface area contributed by atoms with Gasteiger partial charge >= 0.3 is 0 Å². The molecule has 0 aromatic heterocycles. The Bertz CT molecular complexity index is 29.9. The average molecular weight is 138 g/mol. The molecule has 0 aromatic carbocycles. The molecule has 0 saturated carbocycles. The van der Waals surface area contributed by atoms with Crippen molar-refractivity contribution < 1.29 is 9.81 Å². The Morgan fingerprint density at radius 1 is 1.00 bits per heavy atom. The molecule has 0 rings (SSSR count). The molecule has 1 N–H and O–H groups in total. The smallest absolute Gasteiger partial charge is 0.0535 e. The second kappa shape index (κ2) is 10.8. The van der Waals surface area contributed by atoms with Gasteiger partial charge in [0.1, 0.15) is 0 Å². The van der Waals surface area contributed by atoms with Crippen molar-refractivity contribution in [1.29, 1.82) is 0 Å². The van der Waals surface area contributed by atoms with E-state index in [9.17, 15) is 0 Å². The summed E-state index contributed by atoms with van der Waals surface area (Å²) < 4.78 is 0. The average Bonchev–Trinajstić information content (AvgIpc) is 1.72. The summed E-state index contributed by atoms with van der Waals surface area (Å²) in [6.45, 7) is 9.78. The maximum absolute atomic E-state index is 8.63. The molecule has 0 saturated heterocycles. The van der Waals surface area contributed by atoms with Crippen molar-refractivity contribution >= 4 is 0 Å². The summed E-state index contributed by atoms with van der Waals surface area (Å²) in [7, 11) is 0. The molecule has 0 bridgehead atoms. The number of aliphatic hydroxyl groups is 1. The highest BCUT2D eigenvalue weighted by molar-refractivity contribution is 4.48. The van der Waals surface area contributed by atoms with E-state index in [4.69, 9.17) is 5.11 Å². The van der Waals surface area contributed by atoms with Gasteiger partial charge in [0.05, 0.1) is 6.10 Å². The summed E-state index contributed by atoms with van der Waals surface area (Å²) in [5.74, 6) is 0.407. The van der Waals surface area contributed by atoms with Crippen LogP contribution in [0.3, 0.4) is 0 Å². The van der Waals surface area contributed by atoms with E-state index in [-0.39, 0.29) is 10.8 Å². The zero-order valence-corrected chi connectivity index (χ0v) is 7.01. The van der Waals surface area contributed by atoms with Crippen molar-refractivity contribution in [1.82, 2.24) is 0 Å². The number of rotatable bonds is 1. The largest absolute Gasteiger partial charge is 0.393 e. The van der Waals surface area contributed by atoms with E-state index in [1.54, 1.807) is 6.92 Å². The number of aliphatic hydroxyl groups excluding tert-OH is 1. The number of hydrogen-bond acceptors (Lipinski definition) is 1. The molecule has 60 valence electrons. The van der Waals surface area contributed by atoms with E-state index >= 15 is 0 Å². The zero-order chi connectivity index (χ0) is 7.15. The molecule has 0 radical (unpaired) electrons. The van der Waals surface area contributed by atoms with Crippen LogP contribution in [0.5, 0.6) is 0 Å². The van der Waals surface area contributed by atoms with Gasteiger partial charge in [-0.1, -0.05) is 27.7 Å². The van der Waals surface area contributed by atoms with Gasteiger partial charge < -0.3 is 5.11 Å². The lowest BCUT2D eigenvalue weighted by molar-refractivity contribution is 0.144. The highest BCUT2D eigenvalue weighted by atomic mass is 19.0. The quantitative estimate of drug-likeness (QED) is 0.589. The van der Waals surface area contributed by atoms with Crippen LogP contribution < -0.4 is 0 Å². The molecular formula is C7H19FO. The Labute approximate surface area is 57.5 Å². The van der Waals surface area contributed by atoms with Gasteiger partial charge in [0, 0.05) is 0 Å². The summed E-state index contributed by atoms with van der Waals surface area (Å²) in [6.07, 6.45) is -0.148. The van der Waals surface area contributed by atoms with Gasteiger partial charge in [0.2, 0.25) is 0 Å². The minimum atomic E-state index is -0.148. The molecule has 9 heavy (non-hydrogen) atoms. The second-order valence-electron chi connectivity index (χ2n) is 1.98. The first-order chi connectivity index (χ1) is 3.64. The number of hydrogen-bond donors (Lipinski definition) is 1. The van der Waals surface area contributed by atoms with E-state index in [2.05, 4.69) is 0 Å². The van der Waals surface area contributed by atoms with Gasteiger partial charge in [-0.25, -0.2) is 0 Å². The van der Waals surface area contributed by atoms with Crippen LogP contribution in [0.1, 0.15) is 34.6 Å². The summed E-state index contributed by atoms with van der Waals surface area (Å²) in [5.41, 5.74) is 0. The Morgan fingerprint density at radius 2 is 1.11 bits per heavy atom. The van der Waals surface area contributed by atoms with E-state index in [0.717, 1.165) is 0 Å². The van der Waals surface area contributed by atoms with Gasteiger partial charge in [-0.3, -0.25) is 4.70 Å². The van der Waals surface area contributed by atoms with Crippen LogP contribution in [0.15, 0.2) is 0 Å². The molecule has 0 amide bonds. The highest BCUT2D eigenvalue weighted by Gasteiger charge is 1.97. The fourth-order valence-corrected chi connectivity index (χ4v) is 0. The Balaban J connectivity index is -0.000000109.